The molecule has 1 amide bonds. The zero-order valence-electron chi connectivity index (χ0n) is 24.0. The number of anilines is 1. The van der Waals surface area contributed by atoms with Crippen molar-refractivity contribution in [3.8, 4) is 17.5 Å². The lowest BCUT2D eigenvalue weighted by atomic mass is 10.0. The van der Waals surface area contributed by atoms with E-state index in [0.717, 1.165) is 23.9 Å². The molecule has 0 radical (unpaired) electrons. The summed E-state index contributed by atoms with van der Waals surface area (Å²) in [7, 11) is 0. The number of rotatable bonds is 4. The first-order valence-electron chi connectivity index (χ1n) is 14.6. The number of nitrogens with two attached hydrogens (primary N) is 1. The predicted octanol–water partition coefficient (Wildman–Crippen LogP) is 4.04. The summed E-state index contributed by atoms with van der Waals surface area (Å²) in [6.45, 7) is 2.81. The molecule has 1 spiro atoms. The van der Waals surface area contributed by atoms with E-state index in [0.29, 0.717) is 33.4 Å². The number of pyridine rings is 1. The molecule has 2 aromatic carbocycles. The fraction of sp³-hybridized carbons (Fsp3) is 0.206. The largest absolute Gasteiger partial charge is 0.381 e. The van der Waals surface area contributed by atoms with E-state index in [9.17, 15) is 9.59 Å². The highest BCUT2D eigenvalue weighted by Crippen LogP contribution is 2.53. The Labute approximate surface area is 252 Å². The summed E-state index contributed by atoms with van der Waals surface area (Å²) in [5.41, 5.74) is 10.9. The quantitative estimate of drug-likeness (QED) is 0.303. The molecule has 0 saturated heterocycles. The van der Waals surface area contributed by atoms with Crippen LogP contribution in [0.3, 0.4) is 0 Å². The summed E-state index contributed by atoms with van der Waals surface area (Å²) in [6, 6.07) is 18.2. The monoisotopic (exact) mass is 580 g/mol. The molecule has 2 aliphatic rings. The van der Waals surface area contributed by atoms with Crippen LogP contribution in [0.15, 0.2) is 84.0 Å². The number of fused-ring (bicyclic) bond motifs is 3. The lowest BCUT2D eigenvalue weighted by Crippen LogP contribution is -2.32. The van der Waals surface area contributed by atoms with E-state index in [2.05, 4.69) is 37.0 Å². The second-order valence-corrected chi connectivity index (χ2v) is 11.7. The Balaban J connectivity index is 1.22. The molecular weight excluding hydrogens is 552 g/mol. The number of carbonyl (C=O) groups is 1. The van der Waals surface area contributed by atoms with Crippen molar-refractivity contribution >= 4 is 28.1 Å². The van der Waals surface area contributed by atoms with Gasteiger partial charge in [0.25, 0.3) is 11.5 Å². The zero-order valence-corrected chi connectivity index (χ0v) is 24.0. The third kappa shape index (κ3) is 4.16. The van der Waals surface area contributed by atoms with E-state index in [-0.39, 0.29) is 16.9 Å². The molecular formula is C34H28N8O2. The number of hydrogen-bond donors (Lipinski definition) is 2. The maximum Gasteiger partial charge on any atom is 0.264 e. The van der Waals surface area contributed by atoms with Crippen LogP contribution in [0.4, 0.5) is 5.82 Å². The van der Waals surface area contributed by atoms with Crippen molar-refractivity contribution in [3.05, 3.63) is 118 Å². The SMILES string of the molecule is CC(NC(=O)c1c(N)nn2cccnc12)c1cc2cccc(C#Cc3cnn4c3CC3(CC3)C4)c2c(=O)n1-c1ccccc1. The van der Waals surface area contributed by atoms with Crippen LogP contribution in [0.1, 0.15) is 58.7 Å². The highest BCUT2D eigenvalue weighted by Gasteiger charge is 2.48. The van der Waals surface area contributed by atoms with Gasteiger partial charge in [0, 0.05) is 35.9 Å². The van der Waals surface area contributed by atoms with Gasteiger partial charge in [0.05, 0.1) is 28.9 Å². The Morgan fingerprint density at radius 3 is 2.70 bits per heavy atom. The number of hydrogen-bond acceptors (Lipinski definition) is 6. The highest BCUT2D eigenvalue weighted by atomic mass is 16.2. The molecule has 6 aromatic rings. The summed E-state index contributed by atoms with van der Waals surface area (Å²) in [5.74, 6) is 6.26. The third-order valence-corrected chi connectivity index (χ3v) is 8.80. The maximum atomic E-state index is 14.4. The number of amides is 1. The van der Waals surface area contributed by atoms with Gasteiger partial charge in [0.2, 0.25) is 0 Å². The number of para-hydroxylation sites is 1. The molecule has 10 heteroatoms. The van der Waals surface area contributed by atoms with Gasteiger partial charge in [-0.2, -0.15) is 5.10 Å². The Bertz CT molecular complexity index is 2250. The zero-order chi connectivity index (χ0) is 30.0. The van der Waals surface area contributed by atoms with E-state index in [1.807, 2.05) is 67.7 Å². The molecule has 1 aliphatic heterocycles. The number of benzene rings is 2. The molecule has 1 aliphatic carbocycles. The van der Waals surface area contributed by atoms with Crippen LogP contribution in [0, 0.1) is 17.3 Å². The minimum Gasteiger partial charge on any atom is -0.381 e. The summed E-state index contributed by atoms with van der Waals surface area (Å²) in [6.07, 6.45) is 8.60. The van der Waals surface area contributed by atoms with Gasteiger partial charge in [-0.15, -0.1) is 5.10 Å². The van der Waals surface area contributed by atoms with E-state index in [4.69, 9.17) is 5.73 Å². The fourth-order valence-electron chi connectivity index (χ4n) is 6.33. The first-order valence-corrected chi connectivity index (χ1v) is 14.6. The first-order chi connectivity index (χ1) is 21.4. The van der Waals surface area contributed by atoms with Crippen LogP contribution in [0.5, 0.6) is 0 Å². The molecule has 10 nitrogen and oxygen atoms in total. The lowest BCUT2D eigenvalue weighted by molar-refractivity contribution is 0.0941. The van der Waals surface area contributed by atoms with Gasteiger partial charge < -0.3 is 11.1 Å². The maximum absolute atomic E-state index is 14.4. The van der Waals surface area contributed by atoms with Gasteiger partial charge in [-0.05, 0) is 67.3 Å². The van der Waals surface area contributed by atoms with E-state index >= 15 is 0 Å². The van der Waals surface area contributed by atoms with E-state index in [1.54, 1.807) is 23.0 Å². The Kier molecular flexibility index (Phi) is 5.71. The second-order valence-electron chi connectivity index (χ2n) is 11.7. The fourth-order valence-corrected chi connectivity index (χ4v) is 6.33. The number of nitrogen functional groups attached to an aromatic ring is 1. The van der Waals surface area contributed by atoms with Crippen molar-refractivity contribution in [1.82, 2.24) is 34.3 Å². The van der Waals surface area contributed by atoms with Gasteiger partial charge >= 0.3 is 0 Å². The highest BCUT2D eigenvalue weighted by molar-refractivity contribution is 6.04. The van der Waals surface area contributed by atoms with Crippen molar-refractivity contribution in [1.29, 1.82) is 0 Å². The van der Waals surface area contributed by atoms with Crippen molar-refractivity contribution < 1.29 is 4.79 Å². The molecule has 5 heterocycles. The van der Waals surface area contributed by atoms with Crippen LogP contribution in [-0.2, 0) is 13.0 Å². The molecule has 3 N–H and O–H groups in total. The van der Waals surface area contributed by atoms with Gasteiger partial charge in [0.15, 0.2) is 11.5 Å². The van der Waals surface area contributed by atoms with Crippen LogP contribution < -0.4 is 16.6 Å². The summed E-state index contributed by atoms with van der Waals surface area (Å²) in [4.78, 5) is 32.2. The standard InChI is InChI=1S/C34H28N8O2/c1-21(38-32(43)29-30(35)39-40-16-6-15-36-31(29)40)26-17-23-8-5-7-22(28(23)33(44)42(26)25-9-3-2-4-10-25)11-12-24-19-37-41-20-34(13-14-34)18-27(24)41/h2-10,15-17,19,21H,13-14,18,20H2,1H3,(H2,35,39)(H,38,43). The molecule has 1 saturated carbocycles. The van der Waals surface area contributed by atoms with Gasteiger partial charge in [0.1, 0.15) is 5.56 Å². The Morgan fingerprint density at radius 2 is 1.89 bits per heavy atom. The molecule has 1 atom stereocenters. The second kappa shape index (κ2) is 9.67. The van der Waals surface area contributed by atoms with E-state index in [1.165, 1.54) is 23.1 Å². The first kappa shape index (κ1) is 26.0. The number of nitrogens with one attached hydrogen (secondary N) is 1. The molecule has 8 rings (SSSR count). The number of aromatic nitrogens is 6. The Hall–Kier alpha value is -5.69. The minimum absolute atomic E-state index is 0.0759. The van der Waals surface area contributed by atoms with Crippen LogP contribution in [-0.4, -0.2) is 34.9 Å². The lowest BCUT2D eigenvalue weighted by Gasteiger charge is -2.21. The van der Waals surface area contributed by atoms with Crippen molar-refractivity contribution in [2.75, 3.05) is 5.73 Å². The van der Waals surface area contributed by atoms with Crippen molar-refractivity contribution in [2.24, 2.45) is 5.41 Å². The van der Waals surface area contributed by atoms with E-state index < -0.39 is 11.9 Å². The van der Waals surface area contributed by atoms with Crippen LogP contribution in [0.25, 0.3) is 22.1 Å². The van der Waals surface area contributed by atoms with Gasteiger partial charge in [-0.1, -0.05) is 42.2 Å². The summed E-state index contributed by atoms with van der Waals surface area (Å²) in [5, 5.41) is 13.0. The third-order valence-electron chi connectivity index (χ3n) is 8.80. The predicted molar refractivity (Wildman–Crippen MR) is 166 cm³/mol. The number of carbonyl (C=O) groups excluding carboxylic acids is 1. The van der Waals surface area contributed by atoms with Crippen molar-refractivity contribution in [3.63, 3.8) is 0 Å². The Morgan fingerprint density at radius 1 is 1.07 bits per heavy atom. The minimum atomic E-state index is -0.572. The normalized spacial score (nSPS) is 15.2. The number of nitrogens with zero attached hydrogens (tertiary/aromatic N) is 6. The summed E-state index contributed by atoms with van der Waals surface area (Å²) >= 11 is 0. The molecule has 44 heavy (non-hydrogen) atoms. The van der Waals surface area contributed by atoms with Gasteiger partial charge in [-0.3, -0.25) is 18.8 Å². The van der Waals surface area contributed by atoms with Crippen LogP contribution in [0.2, 0.25) is 0 Å². The topological polar surface area (TPSA) is 125 Å². The average molecular weight is 581 g/mol. The van der Waals surface area contributed by atoms with Gasteiger partial charge in [-0.25, -0.2) is 9.50 Å². The summed E-state index contributed by atoms with van der Waals surface area (Å²) < 4.78 is 5.20. The molecule has 1 fully saturated rings. The molecule has 216 valence electrons. The average Bonchev–Trinajstić information content (AvgIpc) is 3.35. The van der Waals surface area contributed by atoms with Crippen LogP contribution >= 0.6 is 0 Å². The molecule has 0 bridgehead atoms. The molecule has 1 unspecified atom stereocenters. The molecule has 4 aromatic heterocycles. The smallest absolute Gasteiger partial charge is 0.264 e. The van der Waals surface area contributed by atoms with Crippen molar-refractivity contribution in [2.45, 2.75) is 38.8 Å².